The van der Waals surface area contributed by atoms with E-state index in [0.717, 1.165) is 50.1 Å². The zero-order valence-electron chi connectivity index (χ0n) is 15.9. The van der Waals surface area contributed by atoms with Gasteiger partial charge in [-0.1, -0.05) is 12.8 Å². The van der Waals surface area contributed by atoms with Gasteiger partial charge in [0.1, 0.15) is 15.7 Å². The lowest BCUT2D eigenvalue weighted by Gasteiger charge is -2.19. The fraction of sp³-hybridized carbons (Fsp3) is 0.421. The maximum Gasteiger partial charge on any atom is 0.271 e. The molecule has 1 amide bonds. The molecule has 152 valence electrons. The van der Waals surface area contributed by atoms with Gasteiger partial charge in [-0.05, 0) is 31.0 Å². The van der Waals surface area contributed by atoms with Crippen molar-refractivity contribution >= 4 is 33.0 Å². The third kappa shape index (κ3) is 4.59. The third-order valence-electron chi connectivity index (χ3n) is 4.63. The summed E-state index contributed by atoms with van der Waals surface area (Å²) in [6.07, 6.45) is 4.22. The molecular weight excluding hydrogens is 400 g/mol. The number of nitrogens with zero attached hydrogens (tertiary/aromatic N) is 1. The Morgan fingerprint density at radius 3 is 2.43 bits per heavy atom. The van der Waals surface area contributed by atoms with Crippen LogP contribution in [0.5, 0.6) is 11.5 Å². The van der Waals surface area contributed by atoms with E-state index < -0.39 is 10.0 Å². The van der Waals surface area contributed by atoms with Crippen molar-refractivity contribution < 1.29 is 22.7 Å². The molecule has 2 aromatic rings. The number of rotatable bonds is 6. The Kier molecular flexibility index (Phi) is 6.46. The highest BCUT2D eigenvalue weighted by Crippen LogP contribution is 2.32. The molecule has 2 heterocycles. The number of thiophene rings is 1. The molecule has 1 aromatic carbocycles. The zero-order chi connectivity index (χ0) is 20.1. The Hall–Kier alpha value is -2.26. The van der Waals surface area contributed by atoms with Crippen LogP contribution in [-0.2, 0) is 10.0 Å². The molecule has 0 aliphatic carbocycles. The highest BCUT2D eigenvalue weighted by Gasteiger charge is 2.23. The first-order valence-corrected chi connectivity index (χ1v) is 11.4. The van der Waals surface area contributed by atoms with Crippen LogP contribution in [0.1, 0.15) is 36.0 Å². The van der Waals surface area contributed by atoms with Crippen LogP contribution in [0.15, 0.2) is 33.9 Å². The maximum absolute atomic E-state index is 12.8. The molecule has 1 aliphatic heterocycles. The molecule has 0 saturated carbocycles. The molecule has 0 radical (unpaired) electrons. The first-order chi connectivity index (χ1) is 13.4. The molecule has 0 atom stereocenters. The minimum absolute atomic E-state index is 0.0866. The minimum atomic E-state index is -3.84. The summed E-state index contributed by atoms with van der Waals surface area (Å²) in [6.45, 7) is 1.44. The molecular formula is C19H24N2O5S2. The Morgan fingerprint density at radius 2 is 1.79 bits per heavy atom. The molecule has 0 bridgehead atoms. The van der Waals surface area contributed by atoms with Crippen LogP contribution in [-0.4, -0.2) is 46.5 Å². The van der Waals surface area contributed by atoms with E-state index in [1.54, 1.807) is 23.6 Å². The van der Waals surface area contributed by atoms with E-state index in [2.05, 4.69) is 4.72 Å². The van der Waals surface area contributed by atoms with E-state index in [9.17, 15) is 13.2 Å². The highest BCUT2D eigenvalue weighted by molar-refractivity contribution is 7.94. The quantitative estimate of drug-likeness (QED) is 0.766. The summed E-state index contributed by atoms with van der Waals surface area (Å²) in [5, 5.41) is 1.60. The van der Waals surface area contributed by atoms with Crippen LogP contribution >= 0.6 is 11.3 Å². The SMILES string of the molecule is COc1ccc(NS(=O)(=O)c2cc(C(=O)N3CCCCCC3)cs2)c(OC)c1. The van der Waals surface area contributed by atoms with Crippen LogP contribution < -0.4 is 14.2 Å². The van der Waals surface area contributed by atoms with E-state index in [0.29, 0.717) is 22.7 Å². The second-order valence-electron chi connectivity index (χ2n) is 6.53. The summed E-state index contributed by atoms with van der Waals surface area (Å²) in [5.74, 6) is 0.795. The number of hydrogen-bond donors (Lipinski definition) is 1. The highest BCUT2D eigenvalue weighted by atomic mass is 32.2. The zero-order valence-corrected chi connectivity index (χ0v) is 17.6. The minimum Gasteiger partial charge on any atom is -0.497 e. The third-order valence-corrected chi connectivity index (χ3v) is 7.44. The number of benzene rings is 1. The van der Waals surface area contributed by atoms with Gasteiger partial charge >= 0.3 is 0 Å². The van der Waals surface area contributed by atoms with Crippen LogP contribution in [0.4, 0.5) is 5.69 Å². The predicted octanol–water partition coefficient (Wildman–Crippen LogP) is 3.58. The summed E-state index contributed by atoms with van der Waals surface area (Å²) in [7, 11) is -0.864. The van der Waals surface area contributed by atoms with Crippen LogP contribution in [0.2, 0.25) is 0 Å². The maximum atomic E-state index is 12.8. The smallest absolute Gasteiger partial charge is 0.271 e. The van der Waals surface area contributed by atoms with Crippen molar-refractivity contribution in [1.29, 1.82) is 0 Å². The number of carbonyl (C=O) groups excluding carboxylic acids is 1. The summed E-state index contributed by atoms with van der Waals surface area (Å²) in [5.41, 5.74) is 0.714. The van der Waals surface area contributed by atoms with Gasteiger partial charge in [0.05, 0.1) is 25.5 Å². The molecule has 7 nitrogen and oxygen atoms in total. The van der Waals surface area contributed by atoms with E-state index >= 15 is 0 Å². The molecule has 0 spiro atoms. The number of methoxy groups -OCH3 is 2. The van der Waals surface area contributed by atoms with Crippen molar-refractivity contribution in [2.75, 3.05) is 32.0 Å². The average Bonchev–Trinajstić information content (AvgIpc) is 3.05. The van der Waals surface area contributed by atoms with E-state index in [-0.39, 0.29) is 10.1 Å². The van der Waals surface area contributed by atoms with Crippen molar-refractivity contribution in [1.82, 2.24) is 4.90 Å². The molecule has 1 N–H and O–H groups in total. The summed E-state index contributed by atoms with van der Waals surface area (Å²) in [4.78, 5) is 14.5. The number of sulfonamides is 1. The molecule has 9 heteroatoms. The van der Waals surface area contributed by atoms with Crippen LogP contribution in [0, 0.1) is 0 Å². The summed E-state index contributed by atoms with van der Waals surface area (Å²) >= 11 is 1.03. The first-order valence-electron chi connectivity index (χ1n) is 9.07. The number of carbonyl (C=O) groups is 1. The van der Waals surface area contributed by atoms with Gasteiger partial charge in [-0.25, -0.2) is 8.42 Å². The Labute approximate surface area is 169 Å². The summed E-state index contributed by atoms with van der Waals surface area (Å²) in [6, 6.07) is 6.26. The van der Waals surface area contributed by atoms with Crippen molar-refractivity contribution in [3.63, 3.8) is 0 Å². The van der Waals surface area contributed by atoms with Crippen molar-refractivity contribution in [2.24, 2.45) is 0 Å². The number of hydrogen-bond acceptors (Lipinski definition) is 6. The molecule has 1 saturated heterocycles. The van der Waals surface area contributed by atoms with Crippen molar-refractivity contribution in [3.05, 3.63) is 35.2 Å². The van der Waals surface area contributed by atoms with Gasteiger partial charge in [-0.3, -0.25) is 9.52 Å². The summed E-state index contributed by atoms with van der Waals surface area (Å²) < 4.78 is 38.5. The first kappa shape index (κ1) is 20.5. The number of likely N-dealkylation sites (tertiary alicyclic amines) is 1. The van der Waals surface area contributed by atoms with Crippen molar-refractivity contribution in [2.45, 2.75) is 29.9 Å². The lowest BCUT2D eigenvalue weighted by molar-refractivity contribution is 0.0762. The van der Waals surface area contributed by atoms with Gasteiger partial charge in [0.2, 0.25) is 0 Å². The van der Waals surface area contributed by atoms with Gasteiger partial charge in [0.25, 0.3) is 15.9 Å². The van der Waals surface area contributed by atoms with Gasteiger partial charge < -0.3 is 14.4 Å². The second kappa shape index (κ2) is 8.83. The normalized spacial score (nSPS) is 15.0. The van der Waals surface area contributed by atoms with Gasteiger partial charge in [0.15, 0.2) is 0 Å². The van der Waals surface area contributed by atoms with Crippen LogP contribution in [0.25, 0.3) is 0 Å². The standard InChI is InChI=1S/C19H24N2O5S2/c1-25-15-7-8-16(17(12-15)26-2)20-28(23,24)18-11-14(13-27-18)19(22)21-9-5-3-4-6-10-21/h7-8,11-13,20H,3-6,9-10H2,1-2H3. The van der Waals surface area contributed by atoms with Gasteiger partial charge in [0, 0.05) is 24.5 Å². The lowest BCUT2D eigenvalue weighted by Crippen LogP contribution is -2.31. The second-order valence-corrected chi connectivity index (χ2v) is 9.35. The molecule has 1 fully saturated rings. The van der Waals surface area contributed by atoms with Gasteiger partial charge in [-0.2, -0.15) is 0 Å². The molecule has 1 aliphatic rings. The fourth-order valence-electron chi connectivity index (χ4n) is 3.10. The van der Waals surface area contributed by atoms with Crippen LogP contribution in [0.3, 0.4) is 0 Å². The molecule has 1 aromatic heterocycles. The monoisotopic (exact) mass is 424 g/mol. The predicted molar refractivity (Wildman–Crippen MR) is 109 cm³/mol. The fourth-order valence-corrected chi connectivity index (χ4v) is 5.33. The molecule has 3 rings (SSSR count). The molecule has 28 heavy (non-hydrogen) atoms. The van der Waals surface area contributed by atoms with Crippen molar-refractivity contribution in [3.8, 4) is 11.5 Å². The Bertz CT molecular complexity index is 932. The average molecular weight is 425 g/mol. The molecule has 0 unspecified atom stereocenters. The Balaban J connectivity index is 1.79. The Morgan fingerprint density at radius 1 is 1.07 bits per heavy atom. The van der Waals surface area contributed by atoms with E-state index in [4.69, 9.17) is 9.47 Å². The number of ether oxygens (including phenoxy) is 2. The number of nitrogens with one attached hydrogen (secondary N) is 1. The largest absolute Gasteiger partial charge is 0.497 e. The number of amides is 1. The topological polar surface area (TPSA) is 84.9 Å². The van der Waals surface area contributed by atoms with E-state index in [1.165, 1.54) is 20.3 Å². The lowest BCUT2D eigenvalue weighted by atomic mass is 10.2. The number of anilines is 1. The van der Waals surface area contributed by atoms with Gasteiger partial charge in [-0.15, -0.1) is 11.3 Å². The van der Waals surface area contributed by atoms with E-state index in [1.807, 2.05) is 4.90 Å².